The van der Waals surface area contributed by atoms with Crippen molar-refractivity contribution in [1.29, 1.82) is 0 Å². The van der Waals surface area contributed by atoms with Gasteiger partial charge in [0.05, 0.1) is 0 Å². The first-order chi connectivity index (χ1) is 11.1. The van der Waals surface area contributed by atoms with E-state index in [2.05, 4.69) is 28.8 Å². The molecule has 0 aliphatic carbocycles. The van der Waals surface area contributed by atoms with Gasteiger partial charge < -0.3 is 10.6 Å². The number of nitrogens with one attached hydrogen (secondary N) is 2. The summed E-state index contributed by atoms with van der Waals surface area (Å²) in [4.78, 5) is 12.4. The molecule has 1 atom stereocenters. The van der Waals surface area contributed by atoms with Crippen LogP contribution in [0.3, 0.4) is 0 Å². The van der Waals surface area contributed by atoms with E-state index in [1.165, 1.54) is 5.56 Å². The van der Waals surface area contributed by atoms with Gasteiger partial charge in [-0.1, -0.05) is 54.1 Å². The van der Waals surface area contributed by atoms with Crippen molar-refractivity contribution in [3.05, 3.63) is 72.3 Å². The van der Waals surface area contributed by atoms with Crippen LogP contribution >= 0.6 is 0 Å². The molecular weight excluding hydrogens is 284 g/mol. The van der Waals surface area contributed by atoms with Crippen LogP contribution in [0.15, 0.2) is 66.7 Å². The summed E-state index contributed by atoms with van der Waals surface area (Å²) in [5.41, 5.74) is 2.95. The first-order valence-electron chi connectivity index (χ1n) is 7.75. The average molecular weight is 304 g/mol. The Kier molecular flexibility index (Phi) is 4.29. The lowest BCUT2D eigenvalue weighted by atomic mass is 10.1. The van der Waals surface area contributed by atoms with Crippen LogP contribution in [0.1, 0.15) is 12.5 Å². The van der Waals surface area contributed by atoms with E-state index in [0.29, 0.717) is 0 Å². The van der Waals surface area contributed by atoms with Crippen LogP contribution in [-0.4, -0.2) is 11.9 Å². The maximum absolute atomic E-state index is 12.4. The molecule has 3 aromatic rings. The number of hydrogen-bond donors (Lipinski definition) is 2. The average Bonchev–Trinajstić information content (AvgIpc) is 2.57. The van der Waals surface area contributed by atoms with Crippen molar-refractivity contribution in [3.8, 4) is 0 Å². The molecule has 0 heterocycles. The fraction of sp³-hybridized carbons (Fsp3) is 0.150. The molecule has 3 aromatic carbocycles. The van der Waals surface area contributed by atoms with Gasteiger partial charge in [0.1, 0.15) is 6.04 Å². The number of rotatable bonds is 4. The summed E-state index contributed by atoms with van der Waals surface area (Å²) in [6.45, 7) is 3.89. The van der Waals surface area contributed by atoms with Crippen molar-refractivity contribution in [2.24, 2.45) is 0 Å². The van der Waals surface area contributed by atoms with E-state index < -0.39 is 0 Å². The van der Waals surface area contributed by atoms with Crippen molar-refractivity contribution in [3.63, 3.8) is 0 Å². The predicted molar refractivity (Wildman–Crippen MR) is 96.8 cm³/mol. The molecule has 3 rings (SSSR count). The van der Waals surface area contributed by atoms with E-state index >= 15 is 0 Å². The molecule has 0 spiro atoms. The normalized spacial score (nSPS) is 11.9. The number of anilines is 2. The highest BCUT2D eigenvalue weighted by Gasteiger charge is 2.13. The SMILES string of the molecule is Cc1ccc(NC(=O)[C@@H](C)Nc2cccc3ccccc23)cc1. The van der Waals surface area contributed by atoms with Gasteiger partial charge in [-0.25, -0.2) is 0 Å². The molecule has 2 N–H and O–H groups in total. The number of amides is 1. The Morgan fingerprint density at radius 3 is 2.39 bits per heavy atom. The van der Waals surface area contributed by atoms with Gasteiger partial charge in [0.25, 0.3) is 0 Å². The van der Waals surface area contributed by atoms with Crippen LogP contribution in [0, 0.1) is 6.92 Å². The number of hydrogen-bond acceptors (Lipinski definition) is 2. The zero-order valence-corrected chi connectivity index (χ0v) is 13.3. The van der Waals surface area contributed by atoms with E-state index in [1.54, 1.807) is 0 Å². The third-order valence-electron chi connectivity index (χ3n) is 3.87. The molecule has 116 valence electrons. The van der Waals surface area contributed by atoms with Crippen LogP contribution < -0.4 is 10.6 Å². The van der Waals surface area contributed by atoms with Crippen LogP contribution in [0.2, 0.25) is 0 Å². The van der Waals surface area contributed by atoms with Gasteiger partial charge in [-0.15, -0.1) is 0 Å². The van der Waals surface area contributed by atoms with Gasteiger partial charge in [0, 0.05) is 16.8 Å². The Morgan fingerprint density at radius 1 is 0.913 bits per heavy atom. The molecule has 0 aromatic heterocycles. The van der Waals surface area contributed by atoms with Gasteiger partial charge in [0.15, 0.2) is 0 Å². The molecule has 3 nitrogen and oxygen atoms in total. The van der Waals surface area contributed by atoms with E-state index in [4.69, 9.17) is 0 Å². The molecule has 0 fully saturated rings. The molecule has 0 saturated carbocycles. The maximum atomic E-state index is 12.4. The lowest BCUT2D eigenvalue weighted by Crippen LogP contribution is -2.31. The molecule has 0 aliphatic heterocycles. The highest BCUT2D eigenvalue weighted by atomic mass is 16.2. The van der Waals surface area contributed by atoms with E-state index in [9.17, 15) is 4.79 Å². The van der Waals surface area contributed by atoms with Crippen molar-refractivity contribution in [2.75, 3.05) is 10.6 Å². The molecule has 1 amide bonds. The molecule has 0 bridgehead atoms. The van der Waals surface area contributed by atoms with Crippen molar-refractivity contribution in [1.82, 2.24) is 0 Å². The number of carbonyl (C=O) groups is 1. The third-order valence-corrected chi connectivity index (χ3v) is 3.87. The molecule has 23 heavy (non-hydrogen) atoms. The molecule has 0 unspecified atom stereocenters. The highest BCUT2D eigenvalue weighted by Crippen LogP contribution is 2.23. The van der Waals surface area contributed by atoms with Gasteiger partial charge in [-0.05, 0) is 37.4 Å². The first-order valence-corrected chi connectivity index (χ1v) is 7.75. The van der Waals surface area contributed by atoms with Gasteiger partial charge in [-0.3, -0.25) is 4.79 Å². The second kappa shape index (κ2) is 6.53. The van der Waals surface area contributed by atoms with Crippen molar-refractivity contribution in [2.45, 2.75) is 19.9 Å². The minimum atomic E-state index is -0.331. The summed E-state index contributed by atoms with van der Waals surface area (Å²) in [6.07, 6.45) is 0. The minimum absolute atomic E-state index is 0.0539. The molecule has 0 saturated heterocycles. The topological polar surface area (TPSA) is 41.1 Å². The van der Waals surface area contributed by atoms with E-state index in [1.807, 2.05) is 62.4 Å². The number of aryl methyl sites for hydroxylation is 1. The second-order valence-corrected chi connectivity index (χ2v) is 5.75. The number of fused-ring (bicyclic) bond motifs is 1. The maximum Gasteiger partial charge on any atom is 0.246 e. The zero-order chi connectivity index (χ0) is 16.2. The molecule has 0 aliphatic rings. The first kappa shape index (κ1) is 15.1. The quantitative estimate of drug-likeness (QED) is 0.740. The largest absolute Gasteiger partial charge is 0.373 e. The minimum Gasteiger partial charge on any atom is -0.373 e. The predicted octanol–water partition coefficient (Wildman–Crippen LogP) is 4.59. The van der Waals surface area contributed by atoms with E-state index in [0.717, 1.165) is 22.1 Å². The summed E-state index contributed by atoms with van der Waals surface area (Å²) in [7, 11) is 0. The molecular formula is C20H20N2O. The Bertz CT molecular complexity index is 819. The molecule has 0 radical (unpaired) electrons. The van der Waals surface area contributed by atoms with Crippen molar-refractivity contribution < 1.29 is 4.79 Å². The molecule has 3 heteroatoms. The highest BCUT2D eigenvalue weighted by molar-refractivity contribution is 5.99. The summed E-state index contributed by atoms with van der Waals surface area (Å²) in [6, 6.07) is 21.7. The summed E-state index contributed by atoms with van der Waals surface area (Å²) >= 11 is 0. The van der Waals surface area contributed by atoms with E-state index in [-0.39, 0.29) is 11.9 Å². The van der Waals surface area contributed by atoms with Crippen LogP contribution in [-0.2, 0) is 4.79 Å². The second-order valence-electron chi connectivity index (χ2n) is 5.75. The third kappa shape index (κ3) is 3.51. The smallest absolute Gasteiger partial charge is 0.246 e. The lowest BCUT2D eigenvalue weighted by molar-refractivity contribution is -0.116. The monoisotopic (exact) mass is 304 g/mol. The van der Waals surface area contributed by atoms with Crippen LogP contribution in [0.4, 0.5) is 11.4 Å². The van der Waals surface area contributed by atoms with Gasteiger partial charge in [-0.2, -0.15) is 0 Å². The number of benzene rings is 3. The fourth-order valence-electron chi connectivity index (χ4n) is 2.54. The van der Waals surface area contributed by atoms with Crippen LogP contribution in [0.5, 0.6) is 0 Å². The Balaban J connectivity index is 1.73. The zero-order valence-electron chi connectivity index (χ0n) is 13.3. The van der Waals surface area contributed by atoms with Crippen molar-refractivity contribution >= 4 is 28.1 Å². The summed E-state index contributed by atoms with van der Waals surface area (Å²) in [5, 5.41) is 8.51. The Labute approximate surface area is 136 Å². The van der Waals surface area contributed by atoms with Gasteiger partial charge in [0.2, 0.25) is 5.91 Å². The van der Waals surface area contributed by atoms with Crippen LogP contribution in [0.25, 0.3) is 10.8 Å². The fourth-order valence-corrected chi connectivity index (χ4v) is 2.54. The standard InChI is InChI=1S/C20H20N2O/c1-14-10-12-17(13-11-14)22-20(23)15(2)21-19-9-5-7-16-6-3-4-8-18(16)19/h3-13,15,21H,1-2H3,(H,22,23)/t15-/m1/s1. The number of carbonyl (C=O) groups excluding carboxylic acids is 1. The van der Waals surface area contributed by atoms with Gasteiger partial charge >= 0.3 is 0 Å². The Hall–Kier alpha value is -2.81. The summed E-state index contributed by atoms with van der Waals surface area (Å²) < 4.78 is 0. The lowest BCUT2D eigenvalue weighted by Gasteiger charge is -2.17. The Morgan fingerprint density at radius 2 is 1.61 bits per heavy atom. The summed E-state index contributed by atoms with van der Waals surface area (Å²) in [5.74, 6) is -0.0539.